The van der Waals surface area contributed by atoms with Crippen LogP contribution in [0.2, 0.25) is 0 Å². The summed E-state index contributed by atoms with van der Waals surface area (Å²) in [4.78, 5) is 0. The number of rotatable bonds is 6. The zero-order valence-electron chi connectivity index (χ0n) is 35.6. The predicted octanol–water partition coefficient (Wildman–Crippen LogP) is 10.3. The molecule has 0 amide bonds. The van der Waals surface area contributed by atoms with Crippen LogP contribution in [0.15, 0.2) is 218 Å². The molecule has 0 N–H and O–H groups in total. The van der Waals surface area contributed by atoms with Crippen molar-refractivity contribution < 1.29 is 13.7 Å². The third-order valence-corrected chi connectivity index (χ3v) is 17.6. The Bertz CT molecular complexity index is 2950. The predicted molar refractivity (Wildman–Crippen MR) is 277 cm³/mol. The van der Waals surface area contributed by atoms with E-state index in [0.717, 1.165) is 16.7 Å². The second-order valence-electron chi connectivity index (χ2n) is 14.6. The standard InChI is InChI=1S/C48H33O3P3.C12H6/c49-52(43-19-7-1-8-20-43,44-21-9-2-10-22-44)34-31-40-37-41(32-35-53(50,45-23-11-3-12-24-45)46-25-13-4-14-26-46)39-42(38-40)33-36-54(51,47-27-15-5-16-28-47)48-29-17-6-18-30-48;1-4-10-7-11(5-2)9-12(6-3)8-10/h1-30,37-39H;1-3,7-9H. The molecular formula is C60H39O3P3. The molecular weight excluding hydrogens is 862 g/mol. The van der Waals surface area contributed by atoms with Gasteiger partial charge in [0.1, 0.15) is 0 Å². The van der Waals surface area contributed by atoms with Crippen LogP contribution in [0.25, 0.3) is 0 Å². The van der Waals surface area contributed by atoms with Crippen LogP contribution < -0.4 is 31.8 Å². The Balaban J connectivity index is 0.000000470. The lowest BCUT2D eigenvalue weighted by Crippen LogP contribution is -2.14. The van der Waals surface area contributed by atoms with Gasteiger partial charge in [-0.2, -0.15) is 0 Å². The molecule has 312 valence electrons. The average Bonchev–Trinajstić information content (AvgIpc) is 3.40. The van der Waals surface area contributed by atoms with Gasteiger partial charge in [0.25, 0.3) is 0 Å². The number of benzene rings is 8. The first-order valence-electron chi connectivity index (χ1n) is 20.6. The van der Waals surface area contributed by atoms with Crippen LogP contribution in [0.3, 0.4) is 0 Å². The van der Waals surface area contributed by atoms with E-state index in [1.54, 1.807) is 36.4 Å². The summed E-state index contributed by atoms with van der Waals surface area (Å²) < 4.78 is 44.4. The highest BCUT2D eigenvalue weighted by Gasteiger charge is 2.27. The van der Waals surface area contributed by atoms with Gasteiger partial charge in [0.15, 0.2) is 0 Å². The van der Waals surface area contributed by atoms with Crippen molar-refractivity contribution in [3.63, 3.8) is 0 Å². The van der Waals surface area contributed by atoms with Gasteiger partial charge in [-0.05, 0) is 53.4 Å². The maximum atomic E-state index is 14.8. The van der Waals surface area contributed by atoms with E-state index in [2.05, 4.69) is 52.5 Å². The number of hydrogen-bond acceptors (Lipinski definition) is 3. The van der Waals surface area contributed by atoms with Crippen LogP contribution in [-0.4, -0.2) is 0 Å². The lowest BCUT2D eigenvalue weighted by Gasteiger charge is -2.13. The summed E-state index contributed by atoms with van der Waals surface area (Å²) in [6.45, 7) is 0. The number of terminal acetylenes is 3. The zero-order chi connectivity index (χ0) is 46.2. The number of hydrogen-bond donors (Lipinski definition) is 0. The van der Waals surface area contributed by atoms with Crippen molar-refractivity contribution >= 4 is 53.3 Å². The van der Waals surface area contributed by atoms with E-state index < -0.39 is 21.4 Å². The van der Waals surface area contributed by atoms with Gasteiger partial charge in [-0.25, -0.2) is 0 Å². The monoisotopic (exact) mass is 900 g/mol. The summed E-state index contributed by atoms with van der Waals surface area (Å²) >= 11 is 0. The minimum atomic E-state index is -3.39. The van der Waals surface area contributed by atoms with Gasteiger partial charge >= 0.3 is 0 Å². The minimum Gasteiger partial charge on any atom is -0.300 e. The van der Waals surface area contributed by atoms with Crippen LogP contribution in [0.4, 0.5) is 0 Å². The first kappa shape index (κ1) is 45.8. The molecule has 0 saturated heterocycles. The summed E-state index contributed by atoms with van der Waals surface area (Å²) in [5.74, 6) is 17.0. The first-order valence-corrected chi connectivity index (χ1v) is 25.7. The van der Waals surface area contributed by atoms with Crippen molar-refractivity contribution in [2.24, 2.45) is 0 Å². The SMILES string of the molecule is C#Cc1cc(C#C)cc(C#C)c1.O=P(C#Cc1cc(C#CP(=O)(c2ccccc2)c2ccccc2)cc(C#CP(=O)(c2ccccc2)c2ccccc2)c1)(c1ccccc1)c1ccccc1. The van der Waals surface area contributed by atoms with Crippen molar-refractivity contribution in [1.29, 1.82) is 0 Å². The summed E-state index contributed by atoms with van der Waals surface area (Å²) in [5.41, 5.74) is 13.2. The van der Waals surface area contributed by atoms with Gasteiger partial charge in [-0.15, -0.1) is 19.3 Å². The highest BCUT2D eigenvalue weighted by molar-refractivity contribution is 7.84. The molecule has 6 heteroatoms. The van der Waals surface area contributed by atoms with Crippen LogP contribution in [0.1, 0.15) is 33.4 Å². The van der Waals surface area contributed by atoms with E-state index in [-0.39, 0.29) is 0 Å². The van der Waals surface area contributed by atoms with Gasteiger partial charge in [0, 0.05) is 65.2 Å². The summed E-state index contributed by atoms with van der Waals surface area (Å²) in [6, 6.07) is 66.1. The molecule has 0 aromatic heterocycles. The van der Waals surface area contributed by atoms with E-state index in [1.165, 1.54) is 0 Å². The van der Waals surface area contributed by atoms with Gasteiger partial charge in [0.2, 0.25) is 21.4 Å². The molecule has 3 nitrogen and oxygen atoms in total. The molecule has 0 heterocycles. The largest absolute Gasteiger partial charge is 0.300 e. The Morgan fingerprint density at radius 3 is 0.591 bits per heavy atom. The van der Waals surface area contributed by atoms with Crippen molar-refractivity contribution in [2.45, 2.75) is 0 Å². The molecule has 0 spiro atoms. The molecule has 0 fully saturated rings. The lowest BCUT2D eigenvalue weighted by molar-refractivity contribution is 0.592. The summed E-state index contributed by atoms with van der Waals surface area (Å²) in [6.07, 6.45) is 15.6. The van der Waals surface area contributed by atoms with Crippen LogP contribution in [0.5, 0.6) is 0 Å². The van der Waals surface area contributed by atoms with Crippen LogP contribution >= 0.6 is 21.4 Å². The Labute approximate surface area is 388 Å². The van der Waals surface area contributed by atoms with Gasteiger partial charge in [0.05, 0.1) is 0 Å². The minimum absolute atomic E-state index is 0.515. The molecule has 8 aromatic carbocycles. The molecule has 0 saturated carbocycles. The maximum Gasteiger partial charge on any atom is 0.211 e. The third-order valence-electron chi connectivity index (χ3n) is 10.2. The topological polar surface area (TPSA) is 51.2 Å². The highest BCUT2D eigenvalue weighted by Crippen LogP contribution is 2.44. The summed E-state index contributed by atoms with van der Waals surface area (Å²) in [5, 5.41) is 3.74. The van der Waals surface area contributed by atoms with Crippen molar-refractivity contribution in [1.82, 2.24) is 0 Å². The second-order valence-corrected chi connectivity index (χ2v) is 22.0. The smallest absolute Gasteiger partial charge is 0.211 e. The van der Waals surface area contributed by atoms with E-state index >= 15 is 0 Å². The molecule has 0 aliphatic carbocycles. The maximum absolute atomic E-state index is 14.8. The fourth-order valence-electron chi connectivity index (χ4n) is 6.81. The van der Waals surface area contributed by atoms with Gasteiger partial charge in [-0.3, -0.25) is 13.7 Å². The van der Waals surface area contributed by atoms with E-state index in [0.29, 0.717) is 48.5 Å². The van der Waals surface area contributed by atoms with Crippen molar-refractivity contribution in [3.8, 4) is 71.8 Å². The molecule has 66 heavy (non-hydrogen) atoms. The van der Waals surface area contributed by atoms with Crippen LogP contribution in [-0.2, 0) is 13.7 Å². The quantitative estimate of drug-likeness (QED) is 0.123. The van der Waals surface area contributed by atoms with Gasteiger partial charge < -0.3 is 0 Å². The Morgan fingerprint density at radius 2 is 0.424 bits per heavy atom. The molecule has 0 atom stereocenters. The lowest BCUT2D eigenvalue weighted by atomic mass is 10.1. The fourth-order valence-corrected chi connectivity index (χ4v) is 12.9. The first-order chi connectivity index (χ1) is 32.2. The second kappa shape index (κ2) is 21.5. The van der Waals surface area contributed by atoms with Crippen LogP contribution in [0, 0.1) is 71.8 Å². The fraction of sp³-hybridized carbons (Fsp3) is 0. The van der Waals surface area contributed by atoms with E-state index in [4.69, 9.17) is 19.3 Å². The van der Waals surface area contributed by atoms with Crippen molar-refractivity contribution in [2.75, 3.05) is 0 Å². The Hall–Kier alpha value is -8.19. The van der Waals surface area contributed by atoms with Gasteiger partial charge in [-0.1, -0.05) is 218 Å². The molecule has 8 aromatic rings. The average molecular weight is 901 g/mol. The van der Waals surface area contributed by atoms with E-state index in [1.807, 2.05) is 182 Å². The van der Waals surface area contributed by atoms with E-state index in [9.17, 15) is 13.7 Å². The molecule has 8 rings (SSSR count). The Morgan fingerprint density at radius 1 is 0.258 bits per heavy atom. The summed E-state index contributed by atoms with van der Waals surface area (Å²) in [7, 11) is -10.2. The Kier molecular flexibility index (Phi) is 14.9. The molecule has 0 radical (unpaired) electrons. The molecule has 0 aliphatic heterocycles. The normalized spacial score (nSPS) is 10.5. The molecule has 0 unspecified atom stereocenters. The molecule has 0 bridgehead atoms. The molecule has 0 aliphatic rings. The highest BCUT2D eigenvalue weighted by atomic mass is 31.2. The van der Waals surface area contributed by atoms with Crippen molar-refractivity contribution in [3.05, 3.63) is 252 Å². The zero-order valence-corrected chi connectivity index (χ0v) is 38.3. The third kappa shape index (κ3) is 10.9.